The molecular weight excluding hydrogens is 224 g/mol. The van der Waals surface area contributed by atoms with Gasteiger partial charge in [0.1, 0.15) is 5.75 Å². The molecule has 1 aromatic carbocycles. The van der Waals surface area contributed by atoms with Crippen LogP contribution in [-0.2, 0) is 6.42 Å². The molecule has 0 heterocycles. The SMILES string of the molecule is CNCCCCNCCc1ccc(OC)c(C)c1. The highest BCUT2D eigenvalue weighted by Crippen LogP contribution is 2.18. The Morgan fingerprint density at radius 2 is 1.89 bits per heavy atom. The monoisotopic (exact) mass is 250 g/mol. The number of rotatable bonds is 9. The molecule has 0 aliphatic rings. The van der Waals surface area contributed by atoms with Crippen LogP contribution >= 0.6 is 0 Å². The highest BCUT2D eigenvalue weighted by atomic mass is 16.5. The lowest BCUT2D eigenvalue weighted by molar-refractivity contribution is 0.411. The number of nitrogens with one attached hydrogen (secondary N) is 2. The standard InChI is InChI=1S/C15H26N2O/c1-13-12-14(6-7-15(13)18-3)8-11-17-10-5-4-9-16-2/h6-7,12,16-17H,4-5,8-11H2,1-3H3. The molecule has 0 radical (unpaired) electrons. The summed E-state index contributed by atoms with van der Waals surface area (Å²) in [6.45, 7) is 5.36. The molecule has 2 N–H and O–H groups in total. The third-order valence-electron chi connectivity index (χ3n) is 3.08. The fourth-order valence-corrected chi connectivity index (χ4v) is 2.01. The summed E-state index contributed by atoms with van der Waals surface area (Å²) >= 11 is 0. The fourth-order valence-electron chi connectivity index (χ4n) is 2.01. The Morgan fingerprint density at radius 1 is 1.11 bits per heavy atom. The smallest absolute Gasteiger partial charge is 0.121 e. The van der Waals surface area contributed by atoms with Crippen LogP contribution in [0.3, 0.4) is 0 Å². The van der Waals surface area contributed by atoms with E-state index in [-0.39, 0.29) is 0 Å². The Labute approximate surface area is 111 Å². The third-order valence-corrected chi connectivity index (χ3v) is 3.08. The van der Waals surface area contributed by atoms with Crippen molar-refractivity contribution in [3.05, 3.63) is 29.3 Å². The summed E-state index contributed by atoms with van der Waals surface area (Å²) in [6.07, 6.45) is 3.56. The van der Waals surface area contributed by atoms with Gasteiger partial charge in [0.05, 0.1) is 7.11 Å². The minimum atomic E-state index is 0.971. The van der Waals surface area contributed by atoms with Crippen molar-refractivity contribution in [1.82, 2.24) is 10.6 Å². The first-order chi connectivity index (χ1) is 8.77. The minimum Gasteiger partial charge on any atom is -0.496 e. The molecule has 1 aromatic rings. The summed E-state index contributed by atoms with van der Waals surface area (Å²) in [4.78, 5) is 0. The van der Waals surface area contributed by atoms with Crippen LogP contribution in [0.5, 0.6) is 5.75 Å². The van der Waals surface area contributed by atoms with Crippen molar-refractivity contribution in [2.24, 2.45) is 0 Å². The van der Waals surface area contributed by atoms with Crippen LogP contribution in [0.25, 0.3) is 0 Å². The first kappa shape index (κ1) is 15.0. The summed E-state index contributed by atoms with van der Waals surface area (Å²) in [7, 11) is 3.72. The number of aryl methyl sites for hydroxylation is 1. The summed E-state index contributed by atoms with van der Waals surface area (Å²) in [5.74, 6) is 0.971. The molecule has 0 aromatic heterocycles. The average molecular weight is 250 g/mol. The molecule has 0 saturated heterocycles. The van der Waals surface area contributed by atoms with Crippen molar-refractivity contribution in [3.8, 4) is 5.75 Å². The maximum atomic E-state index is 5.26. The molecule has 0 aliphatic carbocycles. The van der Waals surface area contributed by atoms with Crippen molar-refractivity contribution in [1.29, 1.82) is 0 Å². The third kappa shape index (κ3) is 5.52. The second kappa shape index (κ2) is 8.95. The molecule has 0 spiro atoms. The molecule has 18 heavy (non-hydrogen) atoms. The Morgan fingerprint density at radius 3 is 2.56 bits per heavy atom. The summed E-state index contributed by atoms with van der Waals surface area (Å²) in [5, 5.41) is 6.64. The molecule has 0 aliphatic heterocycles. The van der Waals surface area contributed by atoms with E-state index in [1.165, 1.54) is 24.0 Å². The van der Waals surface area contributed by atoms with E-state index in [0.717, 1.165) is 31.8 Å². The predicted octanol–water partition coefficient (Wildman–Crippen LogP) is 2.14. The van der Waals surface area contributed by atoms with Crippen molar-refractivity contribution in [3.63, 3.8) is 0 Å². The van der Waals surface area contributed by atoms with Crippen molar-refractivity contribution in [2.75, 3.05) is 33.8 Å². The van der Waals surface area contributed by atoms with Crippen LogP contribution < -0.4 is 15.4 Å². The van der Waals surface area contributed by atoms with Gasteiger partial charge in [-0.2, -0.15) is 0 Å². The molecule has 3 heteroatoms. The summed E-state index contributed by atoms with van der Waals surface area (Å²) in [6, 6.07) is 6.41. The molecule has 0 amide bonds. The normalized spacial score (nSPS) is 10.6. The van der Waals surface area contributed by atoms with Gasteiger partial charge in [-0.3, -0.25) is 0 Å². The van der Waals surface area contributed by atoms with E-state index in [1.54, 1.807) is 7.11 Å². The van der Waals surface area contributed by atoms with Gasteiger partial charge >= 0.3 is 0 Å². The Bertz CT molecular complexity index is 339. The number of hydrogen-bond donors (Lipinski definition) is 2. The van der Waals surface area contributed by atoms with Gasteiger partial charge in [0.15, 0.2) is 0 Å². The number of hydrogen-bond acceptors (Lipinski definition) is 3. The van der Waals surface area contributed by atoms with E-state index in [1.807, 2.05) is 7.05 Å². The molecule has 0 unspecified atom stereocenters. The van der Waals surface area contributed by atoms with E-state index in [9.17, 15) is 0 Å². The maximum Gasteiger partial charge on any atom is 0.121 e. The van der Waals surface area contributed by atoms with Crippen LogP contribution in [0, 0.1) is 6.92 Å². The lowest BCUT2D eigenvalue weighted by atomic mass is 10.1. The Hall–Kier alpha value is -1.06. The van der Waals surface area contributed by atoms with E-state index in [2.05, 4.69) is 35.8 Å². The highest BCUT2D eigenvalue weighted by molar-refractivity contribution is 5.36. The topological polar surface area (TPSA) is 33.3 Å². The van der Waals surface area contributed by atoms with Gasteiger partial charge in [-0.25, -0.2) is 0 Å². The van der Waals surface area contributed by atoms with Gasteiger partial charge in [0.25, 0.3) is 0 Å². The lowest BCUT2D eigenvalue weighted by Gasteiger charge is -2.08. The molecule has 0 fully saturated rings. The molecule has 102 valence electrons. The van der Waals surface area contributed by atoms with Crippen LogP contribution in [0.2, 0.25) is 0 Å². The molecule has 1 rings (SSSR count). The van der Waals surface area contributed by atoms with Crippen molar-refractivity contribution in [2.45, 2.75) is 26.2 Å². The molecule has 0 atom stereocenters. The van der Waals surface area contributed by atoms with Crippen LogP contribution in [-0.4, -0.2) is 33.8 Å². The Balaban J connectivity index is 2.17. The number of methoxy groups -OCH3 is 1. The van der Waals surface area contributed by atoms with Gasteiger partial charge in [-0.1, -0.05) is 12.1 Å². The van der Waals surface area contributed by atoms with Gasteiger partial charge in [-0.15, -0.1) is 0 Å². The number of benzene rings is 1. The zero-order valence-corrected chi connectivity index (χ0v) is 11.9. The maximum absolute atomic E-state index is 5.26. The fraction of sp³-hybridized carbons (Fsp3) is 0.600. The first-order valence-electron chi connectivity index (χ1n) is 6.76. The molecule has 3 nitrogen and oxygen atoms in total. The predicted molar refractivity (Wildman–Crippen MR) is 77.5 cm³/mol. The summed E-state index contributed by atoms with van der Waals surface area (Å²) < 4.78 is 5.26. The molecule has 0 saturated carbocycles. The van der Waals surface area contributed by atoms with E-state index in [0.29, 0.717) is 0 Å². The summed E-state index contributed by atoms with van der Waals surface area (Å²) in [5.41, 5.74) is 2.58. The quantitative estimate of drug-likeness (QED) is 0.659. The van der Waals surface area contributed by atoms with E-state index in [4.69, 9.17) is 4.74 Å². The van der Waals surface area contributed by atoms with E-state index < -0.39 is 0 Å². The molecule has 0 bridgehead atoms. The first-order valence-corrected chi connectivity index (χ1v) is 6.76. The van der Waals surface area contributed by atoms with Crippen LogP contribution in [0.15, 0.2) is 18.2 Å². The second-order valence-electron chi connectivity index (χ2n) is 4.61. The van der Waals surface area contributed by atoms with E-state index >= 15 is 0 Å². The zero-order chi connectivity index (χ0) is 13.2. The van der Waals surface area contributed by atoms with Gasteiger partial charge in [0.2, 0.25) is 0 Å². The second-order valence-corrected chi connectivity index (χ2v) is 4.61. The van der Waals surface area contributed by atoms with Crippen LogP contribution in [0.4, 0.5) is 0 Å². The zero-order valence-electron chi connectivity index (χ0n) is 11.9. The van der Waals surface area contributed by atoms with Gasteiger partial charge in [0, 0.05) is 0 Å². The number of unbranched alkanes of at least 4 members (excludes halogenated alkanes) is 1. The van der Waals surface area contributed by atoms with Gasteiger partial charge < -0.3 is 15.4 Å². The largest absolute Gasteiger partial charge is 0.496 e. The lowest BCUT2D eigenvalue weighted by Crippen LogP contribution is -2.19. The van der Waals surface area contributed by atoms with Crippen LogP contribution in [0.1, 0.15) is 24.0 Å². The molecular formula is C15H26N2O. The Kier molecular flexibility index (Phi) is 7.46. The minimum absolute atomic E-state index is 0.971. The highest BCUT2D eigenvalue weighted by Gasteiger charge is 1.99. The number of ether oxygens (including phenoxy) is 1. The van der Waals surface area contributed by atoms with Gasteiger partial charge in [-0.05, 0) is 70.1 Å². The van der Waals surface area contributed by atoms with Crippen molar-refractivity contribution >= 4 is 0 Å². The average Bonchev–Trinajstić information content (AvgIpc) is 2.38. The van der Waals surface area contributed by atoms with Crippen molar-refractivity contribution < 1.29 is 4.74 Å².